The van der Waals surface area contributed by atoms with Gasteiger partial charge in [0.2, 0.25) is 0 Å². The number of aromatic amines is 2. The lowest BCUT2D eigenvalue weighted by Gasteiger charge is -2.16. The maximum Gasteiger partial charge on any atom is 0.340 e. The average Bonchev–Trinajstić information content (AvgIpc) is 3.06. The summed E-state index contributed by atoms with van der Waals surface area (Å²) in [6, 6.07) is 18.4. The van der Waals surface area contributed by atoms with Crippen LogP contribution in [0.1, 0.15) is 19.2 Å². The van der Waals surface area contributed by atoms with Crippen LogP contribution < -0.4 is 10.4 Å². The SMILES string of the molecule is CCC(Oc1ccc(Sc2ccccc2)cc1)SCc1n[nH]c(=O)[nH]1. The molecule has 0 aliphatic rings. The fraction of sp³-hybridized carbons (Fsp3) is 0.222. The second kappa shape index (κ2) is 8.82. The number of hydrogen-bond acceptors (Lipinski definition) is 5. The quantitative estimate of drug-likeness (QED) is 0.576. The number of aromatic nitrogens is 3. The van der Waals surface area contributed by atoms with Crippen LogP contribution in [0.2, 0.25) is 0 Å². The van der Waals surface area contributed by atoms with E-state index in [2.05, 4.69) is 46.4 Å². The van der Waals surface area contributed by atoms with Gasteiger partial charge in [-0.3, -0.25) is 4.98 Å². The Kier molecular flexibility index (Phi) is 6.25. The van der Waals surface area contributed by atoms with Gasteiger partial charge in [0.25, 0.3) is 0 Å². The molecule has 0 saturated heterocycles. The molecule has 25 heavy (non-hydrogen) atoms. The van der Waals surface area contributed by atoms with Gasteiger partial charge in [-0.15, -0.1) is 11.8 Å². The maximum atomic E-state index is 11.0. The molecular formula is C18H19N3O2S2. The summed E-state index contributed by atoms with van der Waals surface area (Å²) in [4.78, 5) is 16.1. The first-order valence-corrected chi connectivity index (χ1v) is 9.84. The highest BCUT2D eigenvalue weighted by Gasteiger charge is 2.11. The molecule has 1 atom stereocenters. The van der Waals surface area contributed by atoms with Gasteiger partial charge < -0.3 is 4.74 Å². The van der Waals surface area contributed by atoms with Crippen LogP contribution in [-0.4, -0.2) is 20.6 Å². The Morgan fingerprint density at radius 1 is 1.08 bits per heavy atom. The molecule has 130 valence electrons. The lowest BCUT2D eigenvalue weighted by atomic mass is 10.3. The predicted molar refractivity (Wildman–Crippen MR) is 102 cm³/mol. The zero-order valence-electron chi connectivity index (χ0n) is 13.8. The largest absolute Gasteiger partial charge is 0.480 e. The monoisotopic (exact) mass is 373 g/mol. The Bertz CT molecular complexity index is 831. The number of ether oxygens (including phenoxy) is 1. The molecule has 0 aliphatic carbocycles. The van der Waals surface area contributed by atoms with Crippen molar-refractivity contribution in [2.75, 3.05) is 0 Å². The molecule has 1 heterocycles. The van der Waals surface area contributed by atoms with Crippen LogP contribution in [0.25, 0.3) is 0 Å². The van der Waals surface area contributed by atoms with E-state index in [1.54, 1.807) is 23.5 Å². The third kappa shape index (κ3) is 5.44. The molecule has 5 nitrogen and oxygen atoms in total. The van der Waals surface area contributed by atoms with E-state index in [-0.39, 0.29) is 11.1 Å². The smallest absolute Gasteiger partial charge is 0.340 e. The van der Waals surface area contributed by atoms with Gasteiger partial charge in [0.1, 0.15) is 17.0 Å². The molecule has 1 unspecified atom stereocenters. The highest BCUT2D eigenvalue weighted by atomic mass is 32.2. The van der Waals surface area contributed by atoms with E-state index in [1.165, 1.54) is 9.79 Å². The van der Waals surface area contributed by atoms with Crippen LogP contribution in [0.5, 0.6) is 5.75 Å². The number of rotatable bonds is 8. The standard InChI is InChI=1S/C18H19N3O2S2/c1-2-17(24-12-16-19-18(22)21-20-16)23-13-8-10-15(11-9-13)25-14-6-4-3-5-7-14/h3-11,17H,2,12H2,1H3,(H2,19,20,21,22). The van der Waals surface area contributed by atoms with Gasteiger partial charge in [0.05, 0.1) is 5.75 Å². The molecule has 3 rings (SSSR count). The van der Waals surface area contributed by atoms with Crippen molar-refractivity contribution < 1.29 is 4.74 Å². The van der Waals surface area contributed by atoms with E-state index in [1.807, 2.05) is 30.3 Å². The van der Waals surface area contributed by atoms with Crippen molar-refractivity contribution in [2.24, 2.45) is 0 Å². The minimum absolute atomic E-state index is 0.00725. The number of benzene rings is 2. The van der Waals surface area contributed by atoms with E-state index < -0.39 is 0 Å². The third-order valence-corrected chi connectivity index (χ3v) is 5.62. The molecule has 0 bridgehead atoms. The molecule has 7 heteroatoms. The Morgan fingerprint density at radius 2 is 1.80 bits per heavy atom. The van der Waals surface area contributed by atoms with Crippen LogP contribution in [0.4, 0.5) is 0 Å². The minimum Gasteiger partial charge on any atom is -0.480 e. The molecule has 1 aromatic heterocycles. The lowest BCUT2D eigenvalue weighted by Crippen LogP contribution is -2.11. The number of nitrogens with zero attached hydrogens (tertiary/aromatic N) is 1. The Hall–Kier alpha value is -2.12. The van der Waals surface area contributed by atoms with Crippen molar-refractivity contribution in [2.45, 2.75) is 34.3 Å². The van der Waals surface area contributed by atoms with Gasteiger partial charge in [0, 0.05) is 9.79 Å². The number of nitrogens with one attached hydrogen (secondary N) is 2. The highest BCUT2D eigenvalue weighted by Crippen LogP contribution is 2.30. The minimum atomic E-state index is -0.281. The van der Waals surface area contributed by atoms with Gasteiger partial charge in [-0.05, 0) is 42.8 Å². The molecule has 3 aromatic rings. The second-order valence-corrected chi connectivity index (χ2v) is 7.57. The van der Waals surface area contributed by atoms with Crippen LogP contribution in [0.3, 0.4) is 0 Å². The topological polar surface area (TPSA) is 70.8 Å². The van der Waals surface area contributed by atoms with E-state index in [0.29, 0.717) is 11.6 Å². The summed E-state index contributed by atoms with van der Waals surface area (Å²) in [5.74, 6) is 2.07. The summed E-state index contributed by atoms with van der Waals surface area (Å²) in [6.07, 6.45) is 0.861. The summed E-state index contributed by atoms with van der Waals surface area (Å²) in [5, 5.41) is 6.28. The Balaban J connectivity index is 1.54. The first-order valence-electron chi connectivity index (χ1n) is 7.97. The van der Waals surface area contributed by atoms with Gasteiger partial charge in [-0.1, -0.05) is 36.9 Å². The third-order valence-electron chi connectivity index (χ3n) is 3.36. The normalized spacial score (nSPS) is 12.0. The van der Waals surface area contributed by atoms with Crippen molar-refractivity contribution in [3.63, 3.8) is 0 Å². The van der Waals surface area contributed by atoms with Crippen LogP contribution in [0.15, 0.2) is 69.2 Å². The highest BCUT2D eigenvalue weighted by molar-refractivity contribution is 7.99. The van der Waals surface area contributed by atoms with Gasteiger partial charge in [-0.2, -0.15) is 5.10 Å². The zero-order chi connectivity index (χ0) is 17.5. The molecule has 0 aliphatic heterocycles. The molecule has 0 fully saturated rings. The molecule has 0 radical (unpaired) electrons. The number of thioether (sulfide) groups is 1. The van der Waals surface area contributed by atoms with Crippen molar-refractivity contribution in [3.8, 4) is 5.75 Å². The van der Waals surface area contributed by atoms with Crippen molar-refractivity contribution in [3.05, 3.63) is 70.9 Å². The molecule has 0 amide bonds. The van der Waals surface area contributed by atoms with Crippen molar-refractivity contribution in [1.82, 2.24) is 15.2 Å². The second-order valence-electron chi connectivity index (χ2n) is 5.28. The van der Waals surface area contributed by atoms with Crippen LogP contribution in [0, 0.1) is 0 Å². The molecular weight excluding hydrogens is 354 g/mol. The predicted octanol–water partition coefficient (Wildman–Crippen LogP) is 4.30. The number of hydrogen-bond donors (Lipinski definition) is 2. The first-order chi connectivity index (χ1) is 12.2. The van der Waals surface area contributed by atoms with Gasteiger partial charge in [-0.25, -0.2) is 9.89 Å². The van der Waals surface area contributed by atoms with Crippen molar-refractivity contribution >= 4 is 23.5 Å². The maximum absolute atomic E-state index is 11.0. The van der Waals surface area contributed by atoms with Gasteiger partial charge in [0.15, 0.2) is 0 Å². The summed E-state index contributed by atoms with van der Waals surface area (Å²) in [6.45, 7) is 2.07. The van der Waals surface area contributed by atoms with E-state index >= 15 is 0 Å². The van der Waals surface area contributed by atoms with Crippen LogP contribution in [-0.2, 0) is 5.75 Å². The molecule has 2 N–H and O–H groups in total. The van der Waals surface area contributed by atoms with E-state index in [9.17, 15) is 4.79 Å². The number of H-pyrrole nitrogens is 2. The fourth-order valence-corrected chi connectivity index (χ4v) is 3.88. The summed E-state index contributed by atoms with van der Waals surface area (Å²) in [5.41, 5.74) is -0.274. The van der Waals surface area contributed by atoms with E-state index in [4.69, 9.17) is 4.74 Å². The average molecular weight is 374 g/mol. The first kappa shape index (κ1) is 17.7. The van der Waals surface area contributed by atoms with Gasteiger partial charge >= 0.3 is 5.69 Å². The molecule has 0 saturated carbocycles. The fourth-order valence-electron chi connectivity index (χ4n) is 2.14. The molecule has 2 aromatic carbocycles. The summed E-state index contributed by atoms with van der Waals surface area (Å²) in [7, 11) is 0. The van der Waals surface area contributed by atoms with E-state index in [0.717, 1.165) is 12.2 Å². The Labute approximate surface area is 154 Å². The summed E-state index contributed by atoms with van der Waals surface area (Å²) < 4.78 is 6.02. The zero-order valence-corrected chi connectivity index (χ0v) is 15.4. The van der Waals surface area contributed by atoms with Crippen molar-refractivity contribution in [1.29, 1.82) is 0 Å². The molecule has 0 spiro atoms. The lowest BCUT2D eigenvalue weighted by molar-refractivity contribution is 0.283. The Morgan fingerprint density at radius 3 is 2.44 bits per heavy atom. The van der Waals surface area contributed by atoms with Crippen LogP contribution >= 0.6 is 23.5 Å². The summed E-state index contributed by atoms with van der Waals surface area (Å²) >= 11 is 3.33.